The summed E-state index contributed by atoms with van der Waals surface area (Å²) in [5.41, 5.74) is 8.36. The highest BCUT2D eigenvalue weighted by atomic mass is 35.5. The Kier molecular flexibility index (Phi) is 5.00. The molecule has 0 amide bonds. The van der Waals surface area contributed by atoms with E-state index >= 15 is 0 Å². The number of hydrogen-bond acceptors (Lipinski definition) is 4. The lowest BCUT2D eigenvalue weighted by atomic mass is 10.1. The van der Waals surface area contributed by atoms with Crippen molar-refractivity contribution in [3.05, 3.63) is 58.9 Å². The summed E-state index contributed by atoms with van der Waals surface area (Å²) in [6.07, 6.45) is 3.51. The number of nitrogens with two attached hydrogens (primary N) is 1. The second kappa shape index (κ2) is 6.95. The van der Waals surface area contributed by atoms with Crippen LogP contribution >= 0.6 is 11.6 Å². The van der Waals surface area contributed by atoms with E-state index in [1.807, 2.05) is 25.1 Å². The fourth-order valence-electron chi connectivity index (χ4n) is 2.11. The number of nitrogens with zero attached hydrogens (tertiary/aromatic N) is 3. The number of anilines is 1. The van der Waals surface area contributed by atoms with Crippen LogP contribution in [-0.4, -0.2) is 22.6 Å². The topological polar surface area (TPSA) is 74.7 Å². The Morgan fingerprint density at radius 1 is 1.33 bits per heavy atom. The first-order valence-electron chi connectivity index (χ1n) is 6.57. The zero-order valence-electron chi connectivity index (χ0n) is 11.7. The summed E-state index contributed by atoms with van der Waals surface area (Å²) in [5.74, 6) is 0.0647. The van der Waals surface area contributed by atoms with E-state index in [1.165, 1.54) is 0 Å². The van der Waals surface area contributed by atoms with Crippen LogP contribution in [0.3, 0.4) is 0 Å². The van der Waals surface area contributed by atoms with Gasteiger partial charge < -0.3 is 15.8 Å². The molecular formula is C15H17ClN4O. The van der Waals surface area contributed by atoms with Crippen LogP contribution in [0.15, 0.2) is 47.9 Å². The fourth-order valence-corrected chi connectivity index (χ4v) is 2.28. The predicted molar refractivity (Wildman–Crippen MR) is 84.9 cm³/mol. The maximum Gasteiger partial charge on any atom is 0.172 e. The van der Waals surface area contributed by atoms with Crippen molar-refractivity contribution in [2.45, 2.75) is 13.5 Å². The molecule has 0 atom stereocenters. The standard InChI is InChI=1S/C15H17ClN4O/c1-2-20(10-11-5-7-18-8-6-11)14-9-12(16)3-4-13(14)15(17)19-21/h3-9,21H,2,10H2,1H3,(H2,17,19). The molecule has 0 aliphatic rings. The van der Waals surface area contributed by atoms with Crippen LogP contribution < -0.4 is 10.6 Å². The van der Waals surface area contributed by atoms with E-state index in [2.05, 4.69) is 15.0 Å². The van der Waals surface area contributed by atoms with Crippen molar-refractivity contribution in [2.75, 3.05) is 11.4 Å². The molecule has 1 heterocycles. The Balaban J connectivity index is 2.39. The number of oxime groups is 1. The second-order valence-electron chi connectivity index (χ2n) is 4.52. The molecule has 21 heavy (non-hydrogen) atoms. The summed E-state index contributed by atoms with van der Waals surface area (Å²) in [4.78, 5) is 6.12. The van der Waals surface area contributed by atoms with Gasteiger partial charge in [-0.2, -0.15) is 0 Å². The lowest BCUT2D eigenvalue weighted by molar-refractivity contribution is 0.318. The highest BCUT2D eigenvalue weighted by Crippen LogP contribution is 2.26. The summed E-state index contributed by atoms with van der Waals surface area (Å²) in [7, 11) is 0. The Morgan fingerprint density at radius 2 is 2.05 bits per heavy atom. The number of aromatic nitrogens is 1. The third kappa shape index (κ3) is 3.64. The van der Waals surface area contributed by atoms with Crippen LogP contribution in [0.1, 0.15) is 18.1 Å². The van der Waals surface area contributed by atoms with Gasteiger partial charge in [0.2, 0.25) is 0 Å². The summed E-state index contributed by atoms with van der Waals surface area (Å²) in [5, 5.41) is 12.6. The molecule has 0 saturated heterocycles. The molecule has 0 spiro atoms. The summed E-state index contributed by atoms with van der Waals surface area (Å²) in [6, 6.07) is 9.20. The third-order valence-corrected chi connectivity index (χ3v) is 3.42. The fraction of sp³-hybridized carbons (Fsp3) is 0.200. The van der Waals surface area contributed by atoms with Gasteiger partial charge in [-0.25, -0.2) is 0 Å². The van der Waals surface area contributed by atoms with Gasteiger partial charge >= 0.3 is 0 Å². The zero-order chi connectivity index (χ0) is 15.2. The number of hydrogen-bond donors (Lipinski definition) is 2. The molecule has 6 heteroatoms. The van der Waals surface area contributed by atoms with E-state index in [-0.39, 0.29) is 5.84 Å². The van der Waals surface area contributed by atoms with Crippen LogP contribution in [0.25, 0.3) is 0 Å². The second-order valence-corrected chi connectivity index (χ2v) is 4.95. The zero-order valence-corrected chi connectivity index (χ0v) is 12.5. The maximum absolute atomic E-state index is 8.93. The minimum atomic E-state index is 0.0647. The summed E-state index contributed by atoms with van der Waals surface area (Å²) < 4.78 is 0. The van der Waals surface area contributed by atoms with Crippen molar-refractivity contribution in [3.63, 3.8) is 0 Å². The van der Waals surface area contributed by atoms with Crippen LogP contribution in [0.4, 0.5) is 5.69 Å². The first-order valence-corrected chi connectivity index (χ1v) is 6.94. The van der Waals surface area contributed by atoms with Gasteiger partial charge in [0, 0.05) is 41.8 Å². The lowest BCUT2D eigenvalue weighted by Crippen LogP contribution is -2.26. The largest absolute Gasteiger partial charge is 0.409 e. The van der Waals surface area contributed by atoms with E-state index < -0.39 is 0 Å². The van der Waals surface area contributed by atoms with E-state index in [9.17, 15) is 0 Å². The first-order chi connectivity index (χ1) is 10.2. The quantitative estimate of drug-likeness (QED) is 0.385. The van der Waals surface area contributed by atoms with Crippen LogP contribution in [-0.2, 0) is 6.54 Å². The van der Waals surface area contributed by atoms with Gasteiger partial charge in [0.15, 0.2) is 5.84 Å². The minimum Gasteiger partial charge on any atom is -0.409 e. The molecule has 110 valence electrons. The van der Waals surface area contributed by atoms with Gasteiger partial charge in [-0.15, -0.1) is 0 Å². The average Bonchev–Trinajstić information content (AvgIpc) is 2.52. The molecule has 2 rings (SSSR count). The van der Waals surface area contributed by atoms with Gasteiger partial charge in [0.05, 0.1) is 0 Å². The van der Waals surface area contributed by atoms with Gasteiger partial charge in [-0.05, 0) is 42.8 Å². The third-order valence-electron chi connectivity index (χ3n) is 3.19. The average molecular weight is 305 g/mol. The normalized spacial score (nSPS) is 11.4. The number of pyridine rings is 1. The molecular weight excluding hydrogens is 288 g/mol. The number of amidine groups is 1. The number of halogens is 1. The molecule has 0 radical (unpaired) electrons. The molecule has 1 aromatic carbocycles. The Labute approximate surface area is 128 Å². The van der Waals surface area contributed by atoms with Crippen molar-refractivity contribution in [2.24, 2.45) is 10.9 Å². The molecule has 3 N–H and O–H groups in total. The van der Waals surface area contributed by atoms with Gasteiger partial charge in [0.1, 0.15) is 0 Å². The molecule has 0 saturated carbocycles. The minimum absolute atomic E-state index is 0.0647. The molecule has 0 fully saturated rings. The van der Waals surface area contributed by atoms with E-state index in [0.29, 0.717) is 17.1 Å². The Morgan fingerprint density at radius 3 is 2.67 bits per heavy atom. The number of benzene rings is 1. The molecule has 0 bridgehead atoms. The smallest absolute Gasteiger partial charge is 0.172 e. The molecule has 0 aliphatic heterocycles. The van der Waals surface area contributed by atoms with Gasteiger partial charge in [-0.1, -0.05) is 16.8 Å². The van der Waals surface area contributed by atoms with Crippen molar-refractivity contribution in [1.82, 2.24) is 4.98 Å². The van der Waals surface area contributed by atoms with Crippen molar-refractivity contribution >= 4 is 23.1 Å². The SMILES string of the molecule is CCN(Cc1ccncc1)c1cc(Cl)ccc1C(N)=NO. The van der Waals surface area contributed by atoms with Gasteiger partial charge in [0.25, 0.3) is 0 Å². The Bertz CT molecular complexity index is 631. The van der Waals surface area contributed by atoms with Crippen LogP contribution in [0.5, 0.6) is 0 Å². The predicted octanol–water partition coefficient (Wildman–Crippen LogP) is 2.86. The van der Waals surface area contributed by atoms with E-state index in [0.717, 1.165) is 17.8 Å². The highest BCUT2D eigenvalue weighted by molar-refractivity contribution is 6.31. The van der Waals surface area contributed by atoms with Crippen LogP contribution in [0, 0.1) is 0 Å². The van der Waals surface area contributed by atoms with E-state index in [4.69, 9.17) is 22.5 Å². The first kappa shape index (κ1) is 15.1. The van der Waals surface area contributed by atoms with Crippen LogP contribution in [0.2, 0.25) is 5.02 Å². The van der Waals surface area contributed by atoms with Crippen molar-refractivity contribution < 1.29 is 5.21 Å². The maximum atomic E-state index is 8.93. The summed E-state index contributed by atoms with van der Waals surface area (Å²) >= 11 is 6.09. The molecule has 0 aliphatic carbocycles. The van der Waals surface area contributed by atoms with Gasteiger partial charge in [-0.3, -0.25) is 4.98 Å². The molecule has 5 nitrogen and oxygen atoms in total. The monoisotopic (exact) mass is 304 g/mol. The van der Waals surface area contributed by atoms with E-state index in [1.54, 1.807) is 24.5 Å². The van der Waals surface area contributed by atoms with Crippen molar-refractivity contribution in [1.29, 1.82) is 0 Å². The molecule has 2 aromatic rings. The number of rotatable bonds is 5. The highest BCUT2D eigenvalue weighted by Gasteiger charge is 2.14. The summed E-state index contributed by atoms with van der Waals surface area (Å²) in [6.45, 7) is 3.48. The Hall–Kier alpha value is -2.27. The van der Waals surface area contributed by atoms with Crippen molar-refractivity contribution in [3.8, 4) is 0 Å². The lowest BCUT2D eigenvalue weighted by Gasteiger charge is -2.25. The molecule has 1 aromatic heterocycles. The molecule has 0 unspecified atom stereocenters.